The van der Waals surface area contributed by atoms with Gasteiger partial charge in [0.1, 0.15) is 5.01 Å². The molecule has 0 aliphatic rings. The molecule has 9 rings (SSSR count). The number of hydrogen-bond donors (Lipinski definition) is 0. The molecule has 5 aromatic heterocycles. The van der Waals surface area contributed by atoms with Gasteiger partial charge in [0.2, 0.25) is 0 Å². The minimum absolute atomic E-state index is 0.961. The molecule has 0 aliphatic heterocycles. The van der Waals surface area contributed by atoms with Crippen LogP contribution in [0.1, 0.15) is 0 Å². The molecule has 4 aromatic carbocycles. The molecular weight excluding hydrogens is 595 g/mol. The van der Waals surface area contributed by atoms with Gasteiger partial charge >= 0.3 is 0 Å². The molecule has 0 spiro atoms. The highest BCUT2D eigenvalue weighted by molar-refractivity contribution is 7.21. The number of rotatable bonds is 5. The van der Waals surface area contributed by atoms with Crippen LogP contribution in [-0.4, -0.2) is 14.5 Å². The molecular formula is C38H23N3S3. The number of thiazole rings is 1. The number of pyridine rings is 1. The van der Waals surface area contributed by atoms with Crippen molar-refractivity contribution >= 4 is 66.0 Å². The van der Waals surface area contributed by atoms with Crippen molar-refractivity contribution in [3.63, 3.8) is 0 Å². The third kappa shape index (κ3) is 4.30. The fourth-order valence-electron chi connectivity index (χ4n) is 5.98. The van der Waals surface area contributed by atoms with Crippen molar-refractivity contribution < 1.29 is 0 Å². The number of thiophene rings is 2. The summed E-state index contributed by atoms with van der Waals surface area (Å²) >= 11 is 5.25. The lowest BCUT2D eigenvalue weighted by Gasteiger charge is -2.11. The predicted octanol–water partition coefficient (Wildman–Crippen LogP) is 11.6. The summed E-state index contributed by atoms with van der Waals surface area (Å²) in [6.07, 6.45) is 1.98. The first-order valence-electron chi connectivity index (χ1n) is 14.4. The van der Waals surface area contributed by atoms with Gasteiger partial charge in [0, 0.05) is 49.1 Å². The Morgan fingerprint density at radius 2 is 1.36 bits per heavy atom. The van der Waals surface area contributed by atoms with E-state index in [1.807, 2.05) is 6.20 Å². The molecule has 5 heterocycles. The maximum atomic E-state index is 4.98. The molecule has 0 saturated carbocycles. The molecule has 0 bridgehead atoms. The van der Waals surface area contributed by atoms with Gasteiger partial charge in [-0.25, -0.2) is 4.98 Å². The maximum absolute atomic E-state index is 4.98. The van der Waals surface area contributed by atoms with E-state index in [4.69, 9.17) is 9.97 Å². The minimum atomic E-state index is 0.961. The summed E-state index contributed by atoms with van der Waals surface area (Å²) in [6.45, 7) is 0. The third-order valence-corrected chi connectivity index (χ3v) is 11.0. The quantitative estimate of drug-likeness (QED) is 0.192. The summed E-state index contributed by atoms with van der Waals surface area (Å²) in [5.74, 6) is 0. The van der Waals surface area contributed by atoms with E-state index in [0.29, 0.717) is 0 Å². The van der Waals surface area contributed by atoms with Crippen molar-refractivity contribution in [2.24, 2.45) is 0 Å². The number of nitrogens with zero attached hydrogens (tertiary/aromatic N) is 3. The van der Waals surface area contributed by atoms with Crippen LogP contribution in [0.25, 0.3) is 80.4 Å². The Bertz CT molecular complexity index is 2400. The molecule has 0 unspecified atom stereocenters. The number of aromatic nitrogens is 3. The topological polar surface area (TPSA) is 30.7 Å². The first kappa shape index (κ1) is 25.6. The van der Waals surface area contributed by atoms with Crippen LogP contribution in [0.4, 0.5) is 0 Å². The lowest BCUT2D eigenvalue weighted by molar-refractivity contribution is 1.18. The van der Waals surface area contributed by atoms with Crippen LogP contribution >= 0.6 is 34.0 Å². The fraction of sp³-hybridized carbons (Fsp3) is 0. The van der Waals surface area contributed by atoms with Crippen molar-refractivity contribution in [1.29, 1.82) is 0 Å². The minimum Gasteiger partial charge on any atom is -0.309 e. The van der Waals surface area contributed by atoms with Crippen LogP contribution in [0.5, 0.6) is 0 Å². The standard InChI is InChI=1S/C38H23N3S3/c1-2-9-37-32(8-1)40-38(44-37)26-12-15-29-30-21-25(35-10-4-18-42-35)14-17-33(30)41(34(29)22-26)28-7-3-6-24(20-28)31-16-13-27(23-39-31)36-11-5-19-43-36/h1-23H. The second kappa shape index (κ2) is 10.4. The second-order valence-electron chi connectivity index (χ2n) is 10.7. The number of fused-ring (bicyclic) bond motifs is 4. The van der Waals surface area contributed by atoms with Crippen LogP contribution < -0.4 is 0 Å². The lowest BCUT2D eigenvalue weighted by Crippen LogP contribution is -1.95. The molecule has 208 valence electrons. The Morgan fingerprint density at radius 3 is 2.16 bits per heavy atom. The highest BCUT2D eigenvalue weighted by Gasteiger charge is 2.17. The van der Waals surface area contributed by atoms with E-state index in [1.165, 1.54) is 41.8 Å². The average molecular weight is 618 g/mol. The van der Waals surface area contributed by atoms with Crippen molar-refractivity contribution in [1.82, 2.24) is 14.5 Å². The van der Waals surface area contributed by atoms with Crippen LogP contribution in [0, 0.1) is 0 Å². The normalized spacial score (nSPS) is 11.6. The zero-order valence-corrected chi connectivity index (χ0v) is 25.8. The van der Waals surface area contributed by atoms with Gasteiger partial charge in [-0.05, 0) is 83.1 Å². The molecule has 0 saturated heterocycles. The Kier molecular flexibility index (Phi) is 6.04. The van der Waals surface area contributed by atoms with Gasteiger partial charge in [0.05, 0.1) is 26.9 Å². The molecule has 44 heavy (non-hydrogen) atoms. The van der Waals surface area contributed by atoms with Gasteiger partial charge in [-0.3, -0.25) is 4.98 Å². The summed E-state index contributed by atoms with van der Waals surface area (Å²) in [5, 5.41) is 7.74. The Labute approximate surface area is 266 Å². The van der Waals surface area contributed by atoms with Crippen LogP contribution in [0.2, 0.25) is 0 Å². The maximum Gasteiger partial charge on any atom is 0.124 e. The summed E-state index contributed by atoms with van der Waals surface area (Å²) in [7, 11) is 0. The lowest BCUT2D eigenvalue weighted by atomic mass is 10.1. The van der Waals surface area contributed by atoms with E-state index in [9.17, 15) is 0 Å². The van der Waals surface area contributed by atoms with Crippen molar-refractivity contribution in [3.8, 4) is 48.4 Å². The summed E-state index contributed by atoms with van der Waals surface area (Å²) in [6, 6.07) is 43.5. The summed E-state index contributed by atoms with van der Waals surface area (Å²) < 4.78 is 3.59. The summed E-state index contributed by atoms with van der Waals surface area (Å²) in [4.78, 5) is 12.3. The van der Waals surface area contributed by atoms with Crippen molar-refractivity contribution in [2.75, 3.05) is 0 Å². The molecule has 0 atom stereocenters. The largest absolute Gasteiger partial charge is 0.309 e. The summed E-state index contributed by atoms with van der Waals surface area (Å²) in [5.41, 5.74) is 10.1. The highest BCUT2D eigenvalue weighted by Crippen LogP contribution is 2.39. The molecule has 0 fully saturated rings. The van der Waals surface area contributed by atoms with Crippen LogP contribution in [-0.2, 0) is 0 Å². The Hall–Kier alpha value is -4.88. The predicted molar refractivity (Wildman–Crippen MR) is 189 cm³/mol. The van der Waals surface area contributed by atoms with E-state index < -0.39 is 0 Å². The molecule has 0 aliphatic carbocycles. The van der Waals surface area contributed by atoms with E-state index >= 15 is 0 Å². The van der Waals surface area contributed by atoms with E-state index in [-0.39, 0.29) is 0 Å². The van der Waals surface area contributed by atoms with E-state index in [2.05, 4.69) is 137 Å². The molecule has 9 aromatic rings. The Balaban J connectivity index is 1.23. The van der Waals surface area contributed by atoms with Crippen molar-refractivity contribution in [2.45, 2.75) is 0 Å². The fourth-order valence-corrected chi connectivity index (χ4v) is 8.39. The zero-order valence-electron chi connectivity index (χ0n) is 23.3. The second-order valence-corrected chi connectivity index (χ2v) is 13.6. The van der Waals surface area contributed by atoms with E-state index in [0.717, 1.165) is 38.6 Å². The number of benzene rings is 4. The average Bonchev–Trinajstić information content (AvgIpc) is 3.90. The number of para-hydroxylation sites is 1. The molecule has 0 N–H and O–H groups in total. The molecule has 3 nitrogen and oxygen atoms in total. The smallest absolute Gasteiger partial charge is 0.124 e. The SMILES string of the molecule is c1cc(-c2ccc(-c3cccs3)cn2)cc(-n2c3ccc(-c4cccs4)cc3c3ccc(-c4nc5ccccc5s4)cc32)c1. The first-order valence-corrected chi connectivity index (χ1v) is 16.9. The first-order chi connectivity index (χ1) is 21.8. The van der Waals surface area contributed by atoms with Gasteiger partial charge in [0.15, 0.2) is 0 Å². The highest BCUT2D eigenvalue weighted by atomic mass is 32.1. The third-order valence-electron chi connectivity index (χ3n) is 8.08. The van der Waals surface area contributed by atoms with E-state index in [1.54, 1.807) is 34.0 Å². The number of hydrogen-bond acceptors (Lipinski definition) is 5. The molecule has 6 heteroatoms. The van der Waals surface area contributed by atoms with Crippen molar-refractivity contribution in [3.05, 3.63) is 138 Å². The molecule has 0 amide bonds. The Morgan fingerprint density at radius 1 is 0.545 bits per heavy atom. The van der Waals surface area contributed by atoms with Crippen LogP contribution in [0.15, 0.2) is 138 Å². The van der Waals surface area contributed by atoms with Gasteiger partial charge in [0.25, 0.3) is 0 Å². The monoisotopic (exact) mass is 617 g/mol. The van der Waals surface area contributed by atoms with Gasteiger partial charge in [-0.15, -0.1) is 34.0 Å². The van der Waals surface area contributed by atoms with Gasteiger partial charge in [-0.2, -0.15) is 0 Å². The van der Waals surface area contributed by atoms with Gasteiger partial charge in [-0.1, -0.05) is 54.6 Å². The molecule has 0 radical (unpaired) electrons. The zero-order chi connectivity index (χ0) is 29.0. The van der Waals surface area contributed by atoms with Gasteiger partial charge < -0.3 is 4.57 Å². The van der Waals surface area contributed by atoms with Crippen LogP contribution in [0.3, 0.4) is 0 Å².